The molecule has 0 unspecified atom stereocenters. The average Bonchev–Trinajstić information content (AvgIpc) is 2.52. The Hall–Kier alpha value is -2.75. The lowest BCUT2D eigenvalue weighted by molar-refractivity contribution is -0.131. The quantitative estimate of drug-likeness (QED) is 0.852. The SMILES string of the molecule is COc1ccccc1N(C)c1ccccc1C=CC(=O)O. The van der Waals surface area contributed by atoms with Crippen LogP contribution in [0.3, 0.4) is 0 Å². The third-order valence-electron chi connectivity index (χ3n) is 3.15. The van der Waals surface area contributed by atoms with Crippen molar-refractivity contribution in [3.8, 4) is 5.75 Å². The minimum absolute atomic E-state index is 0.761. The summed E-state index contributed by atoms with van der Waals surface area (Å²) in [6, 6.07) is 15.3. The van der Waals surface area contributed by atoms with Crippen molar-refractivity contribution in [2.24, 2.45) is 0 Å². The van der Waals surface area contributed by atoms with Gasteiger partial charge in [0.05, 0.1) is 12.8 Å². The van der Waals surface area contributed by atoms with Crippen molar-refractivity contribution < 1.29 is 14.6 Å². The first-order valence-corrected chi connectivity index (χ1v) is 6.50. The van der Waals surface area contributed by atoms with E-state index >= 15 is 0 Å². The van der Waals surface area contributed by atoms with Crippen molar-refractivity contribution >= 4 is 23.4 Å². The molecule has 0 saturated carbocycles. The Morgan fingerprint density at radius 2 is 1.71 bits per heavy atom. The molecule has 108 valence electrons. The number of anilines is 2. The molecule has 2 rings (SSSR count). The van der Waals surface area contributed by atoms with E-state index in [1.54, 1.807) is 13.2 Å². The van der Waals surface area contributed by atoms with Crippen molar-refractivity contribution in [2.75, 3.05) is 19.1 Å². The molecule has 0 aromatic heterocycles. The Morgan fingerprint density at radius 3 is 2.38 bits per heavy atom. The number of aliphatic carboxylic acids is 1. The summed E-state index contributed by atoms with van der Waals surface area (Å²) in [6.45, 7) is 0. The van der Waals surface area contributed by atoms with Gasteiger partial charge in [-0.2, -0.15) is 0 Å². The van der Waals surface area contributed by atoms with Crippen molar-refractivity contribution in [3.05, 3.63) is 60.2 Å². The fourth-order valence-corrected chi connectivity index (χ4v) is 2.13. The summed E-state index contributed by atoms with van der Waals surface area (Å²) < 4.78 is 5.37. The van der Waals surface area contributed by atoms with E-state index in [4.69, 9.17) is 9.84 Å². The van der Waals surface area contributed by atoms with Gasteiger partial charge < -0.3 is 14.7 Å². The Kier molecular flexibility index (Phi) is 4.61. The van der Waals surface area contributed by atoms with Crippen LogP contribution in [0.25, 0.3) is 6.08 Å². The van der Waals surface area contributed by atoms with Crippen molar-refractivity contribution in [3.63, 3.8) is 0 Å². The summed E-state index contributed by atoms with van der Waals surface area (Å²) in [4.78, 5) is 12.7. The predicted octanol–water partition coefficient (Wildman–Crippen LogP) is 3.56. The van der Waals surface area contributed by atoms with Gasteiger partial charge in [-0.25, -0.2) is 4.79 Å². The van der Waals surface area contributed by atoms with Gasteiger partial charge in [-0.3, -0.25) is 0 Å². The zero-order chi connectivity index (χ0) is 15.2. The van der Waals surface area contributed by atoms with Crippen LogP contribution < -0.4 is 9.64 Å². The summed E-state index contributed by atoms with van der Waals surface area (Å²) in [5, 5.41) is 8.78. The second-order valence-electron chi connectivity index (χ2n) is 4.46. The molecule has 0 bridgehead atoms. The molecule has 0 saturated heterocycles. The fraction of sp³-hybridized carbons (Fsp3) is 0.118. The van der Waals surface area contributed by atoms with Gasteiger partial charge in [-0.15, -0.1) is 0 Å². The highest BCUT2D eigenvalue weighted by atomic mass is 16.5. The first-order chi connectivity index (χ1) is 10.1. The molecule has 0 aliphatic carbocycles. The van der Waals surface area contributed by atoms with E-state index < -0.39 is 5.97 Å². The molecular formula is C17H17NO3. The van der Waals surface area contributed by atoms with E-state index in [0.717, 1.165) is 28.8 Å². The van der Waals surface area contributed by atoms with Crippen LogP contribution in [0.4, 0.5) is 11.4 Å². The summed E-state index contributed by atoms with van der Waals surface area (Å²) >= 11 is 0. The van der Waals surface area contributed by atoms with E-state index in [1.807, 2.05) is 60.5 Å². The van der Waals surface area contributed by atoms with E-state index in [2.05, 4.69) is 0 Å². The average molecular weight is 283 g/mol. The molecule has 0 heterocycles. The van der Waals surface area contributed by atoms with Crippen LogP contribution in [0.15, 0.2) is 54.6 Å². The number of hydrogen-bond acceptors (Lipinski definition) is 3. The highest BCUT2D eigenvalue weighted by Gasteiger charge is 2.11. The number of rotatable bonds is 5. The molecule has 0 aliphatic heterocycles. The van der Waals surface area contributed by atoms with Crippen LogP contribution in [0.5, 0.6) is 5.75 Å². The molecule has 0 radical (unpaired) electrons. The Morgan fingerprint density at radius 1 is 1.10 bits per heavy atom. The van der Waals surface area contributed by atoms with Crippen molar-refractivity contribution in [2.45, 2.75) is 0 Å². The van der Waals surface area contributed by atoms with Gasteiger partial charge in [-0.1, -0.05) is 30.3 Å². The van der Waals surface area contributed by atoms with Gasteiger partial charge in [-0.05, 0) is 29.8 Å². The molecule has 0 amide bonds. The van der Waals surface area contributed by atoms with Crippen LogP contribution in [0, 0.1) is 0 Å². The number of nitrogens with zero attached hydrogens (tertiary/aromatic N) is 1. The van der Waals surface area contributed by atoms with Gasteiger partial charge in [0.2, 0.25) is 0 Å². The lowest BCUT2D eigenvalue weighted by Gasteiger charge is -2.23. The highest BCUT2D eigenvalue weighted by Crippen LogP contribution is 2.34. The summed E-state index contributed by atoms with van der Waals surface area (Å²) in [5.41, 5.74) is 2.64. The summed E-state index contributed by atoms with van der Waals surface area (Å²) in [5.74, 6) is -0.207. The van der Waals surface area contributed by atoms with Crippen LogP contribution >= 0.6 is 0 Å². The number of carboxylic acids is 1. The van der Waals surface area contributed by atoms with Crippen LogP contribution in [0.2, 0.25) is 0 Å². The maximum Gasteiger partial charge on any atom is 0.328 e. The number of para-hydroxylation sites is 3. The first-order valence-electron chi connectivity index (χ1n) is 6.50. The third-order valence-corrected chi connectivity index (χ3v) is 3.15. The fourth-order valence-electron chi connectivity index (χ4n) is 2.13. The summed E-state index contributed by atoms with van der Waals surface area (Å²) in [7, 11) is 3.55. The van der Waals surface area contributed by atoms with E-state index in [-0.39, 0.29) is 0 Å². The first kappa shape index (κ1) is 14.7. The molecule has 2 aromatic carbocycles. The molecule has 4 nitrogen and oxygen atoms in total. The van der Waals surface area contributed by atoms with Crippen LogP contribution in [-0.2, 0) is 4.79 Å². The normalized spacial score (nSPS) is 10.6. The molecular weight excluding hydrogens is 266 g/mol. The second-order valence-corrected chi connectivity index (χ2v) is 4.46. The number of carbonyl (C=O) groups is 1. The van der Waals surface area contributed by atoms with Gasteiger partial charge in [0.1, 0.15) is 5.75 Å². The van der Waals surface area contributed by atoms with Crippen LogP contribution in [-0.4, -0.2) is 25.2 Å². The maximum atomic E-state index is 10.7. The number of benzene rings is 2. The molecule has 4 heteroatoms. The zero-order valence-electron chi connectivity index (χ0n) is 12.0. The molecule has 21 heavy (non-hydrogen) atoms. The topological polar surface area (TPSA) is 49.8 Å². The molecule has 0 spiro atoms. The Bertz CT molecular complexity index is 665. The maximum absolute atomic E-state index is 10.7. The zero-order valence-corrected chi connectivity index (χ0v) is 12.0. The molecule has 2 aromatic rings. The smallest absolute Gasteiger partial charge is 0.328 e. The Balaban J connectivity index is 2.44. The molecule has 0 aliphatic rings. The molecule has 0 fully saturated rings. The minimum Gasteiger partial charge on any atom is -0.495 e. The lowest BCUT2D eigenvalue weighted by atomic mass is 10.1. The number of carboxylic acid groups (broad SMARTS) is 1. The molecule has 0 atom stereocenters. The number of ether oxygens (including phenoxy) is 1. The highest BCUT2D eigenvalue weighted by molar-refractivity contribution is 5.87. The third kappa shape index (κ3) is 3.42. The minimum atomic E-state index is -0.968. The van der Waals surface area contributed by atoms with Crippen LogP contribution in [0.1, 0.15) is 5.56 Å². The second kappa shape index (κ2) is 6.61. The van der Waals surface area contributed by atoms with Gasteiger partial charge in [0, 0.05) is 18.8 Å². The summed E-state index contributed by atoms with van der Waals surface area (Å²) in [6.07, 6.45) is 2.72. The predicted molar refractivity (Wildman–Crippen MR) is 84.2 cm³/mol. The van der Waals surface area contributed by atoms with Crippen molar-refractivity contribution in [1.29, 1.82) is 0 Å². The standard InChI is InChI=1S/C17H17NO3/c1-18(15-9-5-6-10-16(15)21-2)14-8-4-3-7-13(14)11-12-17(19)20/h3-12H,1-2H3,(H,19,20). The Labute approximate surface area is 123 Å². The van der Waals surface area contributed by atoms with Crippen molar-refractivity contribution in [1.82, 2.24) is 0 Å². The number of hydrogen-bond donors (Lipinski definition) is 1. The van der Waals surface area contributed by atoms with Gasteiger partial charge in [0.25, 0.3) is 0 Å². The monoisotopic (exact) mass is 283 g/mol. The largest absolute Gasteiger partial charge is 0.495 e. The lowest BCUT2D eigenvalue weighted by Crippen LogP contribution is -2.11. The van der Waals surface area contributed by atoms with E-state index in [9.17, 15) is 4.79 Å². The van der Waals surface area contributed by atoms with Gasteiger partial charge >= 0.3 is 5.97 Å². The number of methoxy groups -OCH3 is 1. The molecule has 1 N–H and O–H groups in total. The van der Waals surface area contributed by atoms with Gasteiger partial charge in [0.15, 0.2) is 0 Å². The van der Waals surface area contributed by atoms with E-state index in [1.165, 1.54) is 0 Å². The van der Waals surface area contributed by atoms with E-state index in [0.29, 0.717) is 0 Å².